The molecule has 0 bridgehead atoms. The van der Waals surface area contributed by atoms with E-state index >= 15 is 0 Å². The molecule has 3 heterocycles. The van der Waals surface area contributed by atoms with Crippen molar-refractivity contribution in [1.29, 1.82) is 0 Å². The van der Waals surface area contributed by atoms with E-state index in [0.29, 0.717) is 18.5 Å². The fourth-order valence-corrected chi connectivity index (χ4v) is 3.80. The Hall–Kier alpha value is -1.40. The molecular weight excluding hydrogens is 302 g/mol. The number of hydrogen-bond acceptors (Lipinski definition) is 4. The van der Waals surface area contributed by atoms with Gasteiger partial charge < -0.3 is 9.88 Å². The molecule has 6 nitrogen and oxygen atoms in total. The van der Waals surface area contributed by atoms with Crippen LogP contribution in [0.3, 0.4) is 0 Å². The molecule has 2 aliphatic rings. The van der Waals surface area contributed by atoms with Gasteiger partial charge in [-0.15, -0.1) is 0 Å². The largest absolute Gasteiger partial charge is 0.346 e. The summed E-state index contributed by atoms with van der Waals surface area (Å²) >= 11 is 0. The van der Waals surface area contributed by atoms with Gasteiger partial charge in [0.25, 0.3) is 0 Å². The van der Waals surface area contributed by atoms with Crippen molar-refractivity contribution in [1.82, 2.24) is 24.7 Å². The molecule has 6 heteroatoms. The SMILES string of the molecule is Cc1cnc(C2CCCN(C(=O)CN3CCN(C(C)C)CC3)C2)[nH]1. The number of likely N-dealkylation sites (tertiary alicyclic amines) is 1. The van der Waals surface area contributed by atoms with Crippen LogP contribution in [0.15, 0.2) is 6.20 Å². The number of aryl methyl sites for hydroxylation is 1. The molecular formula is C18H31N5O. The van der Waals surface area contributed by atoms with Crippen molar-refractivity contribution in [3.8, 4) is 0 Å². The van der Waals surface area contributed by atoms with Gasteiger partial charge in [-0.3, -0.25) is 14.6 Å². The summed E-state index contributed by atoms with van der Waals surface area (Å²) in [4.78, 5) is 27.3. The minimum absolute atomic E-state index is 0.279. The number of nitrogens with one attached hydrogen (secondary N) is 1. The number of amides is 1. The van der Waals surface area contributed by atoms with Crippen LogP contribution in [0.25, 0.3) is 0 Å². The standard InChI is InChI=1S/C18H31N5O/c1-14(2)22-9-7-21(8-10-22)13-17(24)23-6-4-5-16(12-23)18-19-11-15(3)20-18/h11,14,16H,4-10,12-13H2,1-3H3,(H,19,20). The molecule has 2 fully saturated rings. The van der Waals surface area contributed by atoms with Crippen molar-refractivity contribution >= 4 is 5.91 Å². The van der Waals surface area contributed by atoms with Gasteiger partial charge in [0.1, 0.15) is 5.82 Å². The van der Waals surface area contributed by atoms with Crippen LogP contribution in [0.5, 0.6) is 0 Å². The van der Waals surface area contributed by atoms with Gasteiger partial charge >= 0.3 is 0 Å². The van der Waals surface area contributed by atoms with Crippen molar-refractivity contribution in [2.75, 3.05) is 45.8 Å². The zero-order chi connectivity index (χ0) is 17.1. The van der Waals surface area contributed by atoms with E-state index < -0.39 is 0 Å². The molecule has 1 amide bonds. The first-order valence-corrected chi connectivity index (χ1v) is 9.28. The second kappa shape index (κ2) is 7.66. The van der Waals surface area contributed by atoms with Gasteiger partial charge in [-0.25, -0.2) is 4.98 Å². The van der Waals surface area contributed by atoms with Crippen LogP contribution < -0.4 is 0 Å². The average Bonchev–Trinajstić information content (AvgIpc) is 3.02. The zero-order valence-corrected chi connectivity index (χ0v) is 15.3. The van der Waals surface area contributed by atoms with Gasteiger partial charge in [0, 0.05) is 63.1 Å². The topological polar surface area (TPSA) is 55.5 Å². The Kier molecular flexibility index (Phi) is 5.56. The van der Waals surface area contributed by atoms with Gasteiger partial charge in [-0.05, 0) is 33.6 Å². The van der Waals surface area contributed by atoms with E-state index in [-0.39, 0.29) is 5.91 Å². The van der Waals surface area contributed by atoms with E-state index in [9.17, 15) is 4.79 Å². The first-order chi connectivity index (χ1) is 11.5. The normalized spacial score (nSPS) is 23.8. The number of hydrogen-bond donors (Lipinski definition) is 1. The van der Waals surface area contributed by atoms with Crippen LogP contribution in [0.2, 0.25) is 0 Å². The zero-order valence-electron chi connectivity index (χ0n) is 15.3. The number of imidazole rings is 1. The minimum atomic E-state index is 0.279. The van der Waals surface area contributed by atoms with Crippen LogP contribution in [0.4, 0.5) is 0 Å². The summed E-state index contributed by atoms with van der Waals surface area (Å²) in [6.07, 6.45) is 4.06. The maximum absolute atomic E-state index is 12.7. The Balaban J connectivity index is 1.50. The lowest BCUT2D eigenvalue weighted by Crippen LogP contribution is -2.52. The number of aromatic nitrogens is 2. The maximum atomic E-state index is 12.7. The number of rotatable bonds is 4. The lowest BCUT2D eigenvalue weighted by atomic mass is 9.97. The van der Waals surface area contributed by atoms with Crippen molar-refractivity contribution in [2.24, 2.45) is 0 Å². The summed E-state index contributed by atoms with van der Waals surface area (Å²) in [6.45, 7) is 12.9. The predicted octanol–water partition coefficient (Wildman–Crippen LogP) is 1.45. The van der Waals surface area contributed by atoms with E-state index in [4.69, 9.17) is 0 Å². The van der Waals surface area contributed by atoms with Gasteiger partial charge in [-0.2, -0.15) is 0 Å². The van der Waals surface area contributed by atoms with Crippen molar-refractivity contribution in [3.05, 3.63) is 17.7 Å². The Bertz CT molecular complexity index is 547. The van der Waals surface area contributed by atoms with Crippen LogP contribution >= 0.6 is 0 Å². The first-order valence-electron chi connectivity index (χ1n) is 9.28. The van der Waals surface area contributed by atoms with E-state index in [0.717, 1.165) is 63.6 Å². The molecule has 1 aromatic heterocycles. The van der Waals surface area contributed by atoms with Crippen molar-refractivity contribution < 1.29 is 4.79 Å². The Morgan fingerprint density at radius 1 is 1.29 bits per heavy atom. The summed E-state index contributed by atoms with van der Waals surface area (Å²) in [6, 6.07) is 0.599. The second-order valence-corrected chi connectivity index (χ2v) is 7.54. The number of piperidine rings is 1. The number of nitrogens with zero attached hydrogens (tertiary/aromatic N) is 4. The van der Waals surface area contributed by atoms with Crippen molar-refractivity contribution in [3.63, 3.8) is 0 Å². The molecule has 1 aromatic rings. The van der Waals surface area contributed by atoms with E-state index in [2.05, 4.69) is 33.6 Å². The molecule has 24 heavy (non-hydrogen) atoms. The molecule has 0 saturated carbocycles. The number of aromatic amines is 1. The quantitative estimate of drug-likeness (QED) is 0.906. The molecule has 0 spiro atoms. The van der Waals surface area contributed by atoms with Gasteiger partial charge in [-0.1, -0.05) is 0 Å². The smallest absolute Gasteiger partial charge is 0.236 e. The highest BCUT2D eigenvalue weighted by Gasteiger charge is 2.28. The molecule has 1 N–H and O–H groups in total. The molecule has 1 atom stereocenters. The predicted molar refractivity (Wildman–Crippen MR) is 95.0 cm³/mol. The fraction of sp³-hybridized carbons (Fsp3) is 0.778. The highest BCUT2D eigenvalue weighted by atomic mass is 16.2. The molecule has 0 aliphatic carbocycles. The van der Waals surface area contributed by atoms with Crippen molar-refractivity contribution in [2.45, 2.75) is 45.6 Å². The third kappa shape index (κ3) is 4.16. The van der Waals surface area contributed by atoms with E-state index in [1.165, 1.54) is 0 Å². The monoisotopic (exact) mass is 333 g/mol. The van der Waals surface area contributed by atoms with Gasteiger partial charge in [0.15, 0.2) is 0 Å². The first kappa shape index (κ1) is 17.4. The fourth-order valence-electron chi connectivity index (χ4n) is 3.80. The van der Waals surface area contributed by atoms with Gasteiger partial charge in [0.05, 0.1) is 6.54 Å². The van der Waals surface area contributed by atoms with E-state index in [1.807, 2.05) is 18.0 Å². The lowest BCUT2D eigenvalue weighted by molar-refractivity contribution is -0.134. The number of carbonyl (C=O) groups is 1. The average molecular weight is 333 g/mol. The summed E-state index contributed by atoms with van der Waals surface area (Å²) < 4.78 is 0. The van der Waals surface area contributed by atoms with Crippen LogP contribution in [0, 0.1) is 6.92 Å². The van der Waals surface area contributed by atoms with Gasteiger partial charge in [0.2, 0.25) is 5.91 Å². The third-order valence-corrected chi connectivity index (χ3v) is 5.38. The van der Waals surface area contributed by atoms with Crippen LogP contribution in [-0.4, -0.2) is 82.4 Å². The lowest BCUT2D eigenvalue weighted by Gasteiger charge is -2.38. The molecule has 3 rings (SSSR count). The Morgan fingerprint density at radius 3 is 2.67 bits per heavy atom. The molecule has 2 aliphatic heterocycles. The highest BCUT2D eigenvalue weighted by Crippen LogP contribution is 2.25. The third-order valence-electron chi connectivity index (χ3n) is 5.38. The summed E-state index contributed by atoms with van der Waals surface area (Å²) in [5.41, 5.74) is 1.09. The second-order valence-electron chi connectivity index (χ2n) is 7.54. The maximum Gasteiger partial charge on any atom is 0.236 e. The molecule has 1 unspecified atom stereocenters. The Labute approximate surface area is 145 Å². The Morgan fingerprint density at radius 2 is 2.04 bits per heavy atom. The highest BCUT2D eigenvalue weighted by molar-refractivity contribution is 5.78. The van der Waals surface area contributed by atoms with Crippen LogP contribution in [0.1, 0.15) is 44.1 Å². The number of piperazine rings is 1. The summed E-state index contributed by atoms with van der Waals surface area (Å²) in [5.74, 6) is 1.67. The molecule has 2 saturated heterocycles. The van der Waals surface area contributed by atoms with Crippen LogP contribution in [-0.2, 0) is 4.79 Å². The van der Waals surface area contributed by atoms with E-state index in [1.54, 1.807) is 0 Å². The summed E-state index contributed by atoms with van der Waals surface area (Å²) in [5, 5.41) is 0. The summed E-state index contributed by atoms with van der Waals surface area (Å²) in [7, 11) is 0. The molecule has 0 aromatic carbocycles. The number of H-pyrrole nitrogens is 1. The number of carbonyl (C=O) groups excluding carboxylic acids is 1. The molecule has 134 valence electrons. The molecule has 0 radical (unpaired) electrons. The minimum Gasteiger partial charge on any atom is -0.346 e.